The molecule has 0 bridgehead atoms. The maximum absolute atomic E-state index is 11.5. The van der Waals surface area contributed by atoms with E-state index in [4.69, 9.17) is 4.74 Å². The van der Waals surface area contributed by atoms with Crippen LogP contribution in [-0.2, 0) is 14.3 Å². The first kappa shape index (κ1) is 9.45. The Hall–Kier alpha value is -1.10. The number of nitrogens with zero attached hydrogens (tertiary/aromatic N) is 1. The molecule has 2 aliphatic rings. The van der Waals surface area contributed by atoms with Gasteiger partial charge in [0.1, 0.15) is 6.04 Å². The van der Waals surface area contributed by atoms with Crippen molar-refractivity contribution in [3.05, 3.63) is 0 Å². The fraction of sp³-hybridized carbons (Fsp3) is 0.778. The number of ether oxygens (including phenoxy) is 1. The van der Waals surface area contributed by atoms with E-state index in [-0.39, 0.29) is 24.6 Å². The number of hydrogen-bond donors (Lipinski definition) is 1. The number of carbonyl (C=O) groups is 2. The van der Waals surface area contributed by atoms with Crippen LogP contribution in [0.4, 0.5) is 0 Å². The summed E-state index contributed by atoms with van der Waals surface area (Å²) in [6.45, 7) is 2.51. The quantitative estimate of drug-likeness (QED) is 0.575. The van der Waals surface area contributed by atoms with Crippen molar-refractivity contribution in [2.24, 2.45) is 0 Å². The van der Waals surface area contributed by atoms with Crippen LogP contribution >= 0.6 is 0 Å². The molecule has 0 aromatic rings. The van der Waals surface area contributed by atoms with Crippen molar-refractivity contribution < 1.29 is 14.3 Å². The van der Waals surface area contributed by atoms with Gasteiger partial charge in [0.25, 0.3) is 5.91 Å². The largest absolute Gasteiger partial charge is 0.454 e. The van der Waals surface area contributed by atoms with Crippen LogP contribution in [0.5, 0.6) is 0 Å². The normalized spacial score (nSPS) is 33.4. The van der Waals surface area contributed by atoms with E-state index < -0.39 is 6.04 Å². The third-order valence-corrected chi connectivity index (χ3v) is 2.75. The molecule has 0 aromatic heterocycles. The summed E-state index contributed by atoms with van der Waals surface area (Å²) >= 11 is 0. The first-order valence-corrected chi connectivity index (χ1v) is 4.91. The maximum Gasteiger partial charge on any atom is 0.329 e. The minimum Gasteiger partial charge on any atom is -0.454 e. The molecule has 1 N–H and O–H groups in total. The van der Waals surface area contributed by atoms with Crippen LogP contribution in [0.2, 0.25) is 0 Å². The summed E-state index contributed by atoms with van der Waals surface area (Å²) < 4.78 is 4.73. The molecular formula is C9H14N2O3. The van der Waals surface area contributed by atoms with Crippen LogP contribution in [0.15, 0.2) is 0 Å². The number of nitrogens with one attached hydrogen (secondary N) is 1. The zero-order valence-electron chi connectivity index (χ0n) is 8.16. The van der Waals surface area contributed by atoms with E-state index in [9.17, 15) is 9.59 Å². The second-order valence-electron chi connectivity index (χ2n) is 3.70. The van der Waals surface area contributed by atoms with E-state index >= 15 is 0 Å². The summed E-state index contributed by atoms with van der Waals surface area (Å²) in [5, 5.41) is 3.20. The third-order valence-electron chi connectivity index (χ3n) is 2.75. The monoisotopic (exact) mass is 198 g/mol. The van der Waals surface area contributed by atoms with Gasteiger partial charge in [0.15, 0.2) is 6.61 Å². The molecule has 2 heterocycles. The highest BCUT2D eigenvalue weighted by molar-refractivity contribution is 5.90. The highest BCUT2D eigenvalue weighted by Gasteiger charge is 2.38. The predicted molar refractivity (Wildman–Crippen MR) is 48.3 cm³/mol. The summed E-state index contributed by atoms with van der Waals surface area (Å²) in [5.74, 6) is -0.408. The Bertz CT molecular complexity index is 261. The van der Waals surface area contributed by atoms with Crippen molar-refractivity contribution in [3.63, 3.8) is 0 Å². The van der Waals surface area contributed by atoms with E-state index in [2.05, 4.69) is 5.32 Å². The van der Waals surface area contributed by atoms with Crippen LogP contribution in [0, 0.1) is 0 Å². The van der Waals surface area contributed by atoms with Crippen molar-refractivity contribution in [2.45, 2.75) is 32.0 Å². The lowest BCUT2D eigenvalue weighted by Gasteiger charge is -2.36. The van der Waals surface area contributed by atoms with Gasteiger partial charge in [0.2, 0.25) is 0 Å². The molecule has 5 nitrogen and oxygen atoms in total. The number of esters is 1. The molecular weight excluding hydrogens is 184 g/mol. The van der Waals surface area contributed by atoms with Crippen LogP contribution in [0.1, 0.15) is 19.8 Å². The van der Waals surface area contributed by atoms with Crippen molar-refractivity contribution in [1.29, 1.82) is 0 Å². The lowest BCUT2D eigenvalue weighted by atomic mass is 10.2. The van der Waals surface area contributed by atoms with E-state index in [0.717, 1.165) is 19.4 Å². The lowest BCUT2D eigenvalue weighted by Crippen LogP contribution is -2.57. The van der Waals surface area contributed by atoms with E-state index in [1.807, 2.05) is 0 Å². The molecule has 1 amide bonds. The van der Waals surface area contributed by atoms with Crippen LogP contribution in [0.25, 0.3) is 0 Å². The molecule has 2 aliphatic heterocycles. The fourth-order valence-electron chi connectivity index (χ4n) is 2.00. The summed E-state index contributed by atoms with van der Waals surface area (Å²) in [4.78, 5) is 24.4. The minimum atomic E-state index is -0.452. The molecule has 2 fully saturated rings. The Balaban J connectivity index is 2.12. The van der Waals surface area contributed by atoms with Gasteiger partial charge in [-0.05, 0) is 26.3 Å². The first-order valence-electron chi connectivity index (χ1n) is 4.91. The number of rotatable bonds is 1. The van der Waals surface area contributed by atoms with Crippen LogP contribution < -0.4 is 5.32 Å². The second-order valence-corrected chi connectivity index (χ2v) is 3.70. The van der Waals surface area contributed by atoms with Gasteiger partial charge in [-0.1, -0.05) is 0 Å². The van der Waals surface area contributed by atoms with Gasteiger partial charge in [-0.3, -0.25) is 10.1 Å². The smallest absolute Gasteiger partial charge is 0.329 e. The summed E-state index contributed by atoms with van der Waals surface area (Å²) in [5.41, 5.74) is 0. The van der Waals surface area contributed by atoms with Crippen LogP contribution in [0.3, 0.4) is 0 Å². The van der Waals surface area contributed by atoms with Gasteiger partial charge >= 0.3 is 5.97 Å². The number of morpholine rings is 1. The Morgan fingerprint density at radius 1 is 1.50 bits per heavy atom. The summed E-state index contributed by atoms with van der Waals surface area (Å²) in [6, 6.07) is -0.452. The van der Waals surface area contributed by atoms with Crippen molar-refractivity contribution in [2.75, 3.05) is 13.2 Å². The predicted octanol–water partition coefficient (Wildman–Crippen LogP) is -0.530. The SMILES string of the molecule is CC1C(=O)OCC(=O)N1C1CCCN1. The van der Waals surface area contributed by atoms with Gasteiger partial charge in [0.05, 0.1) is 6.17 Å². The molecule has 0 radical (unpaired) electrons. The zero-order valence-corrected chi connectivity index (χ0v) is 8.16. The maximum atomic E-state index is 11.5. The Labute approximate surface area is 82.4 Å². The molecule has 78 valence electrons. The molecule has 5 heteroatoms. The van der Waals surface area contributed by atoms with Gasteiger partial charge in [-0.2, -0.15) is 0 Å². The topological polar surface area (TPSA) is 58.6 Å². The second kappa shape index (κ2) is 3.57. The van der Waals surface area contributed by atoms with Gasteiger partial charge in [-0.25, -0.2) is 4.79 Å². The fourth-order valence-corrected chi connectivity index (χ4v) is 2.00. The summed E-state index contributed by atoms with van der Waals surface area (Å²) in [6.07, 6.45) is 1.99. The van der Waals surface area contributed by atoms with E-state index in [1.54, 1.807) is 11.8 Å². The molecule has 0 saturated carbocycles. The molecule has 2 saturated heterocycles. The lowest BCUT2D eigenvalue weighted by molar-refractivity contribution is -0.170. The van der Waals surface area contributed by atoms with Crippen molar-refractivity contribution in [1.82, 2.24) is 10.2 Å². The number of hydrogen-bond acceptors (Lipinski definition) is 4. The zero-order chi connectivity index (χ0) is 10.1. The standard InChI is InChI=1S/C9H14N2O3/c1-6-9(13)14-5-8(12)11(6)7-3-2-4-10-7/h6-7,10H,2-5H2,1H3. The Morgan fingerprint density at radius 2 is 2.29 bits per heavy atom. The number of cyclic esters (lactones) is 1. The highest BCUT2D eigenvalue weighted by atomic mass is 16.5. The van der Waals surface area contributed by atoms with Crippen LogP contribution in [-0.4, -0.2) is 42.1 Å². The summed E-state index contributed by atoms with van der Waals surface area (Å²) in [7, 11) is 0. The average Bonchev–Trinajstić information content (AvgIpc) is 2.65. The van der Waals surface area contributed by atoms with E-state index in [1.165, 1.54) is 0 Å². The molecule has 2 unspecified atom stereocenters. The molecule has 2 atom stereocenters. The molecule has 14 heavy (non-hydrogen) atoms. The number of amides is 1. The van der Waals surface area contributed by atoms with E-state index in [0.29, 0.717) is 0 Å². The first-order chi connectivity index (χ1) is 6.70. The van der Waals surface area contributed by atoms with Crippen molar-refractivity contribution in [3.8, 4) is 0 Å². The van der Waals surface area contributed by atoms with Gasteiger partial charge < -0.3 is 9.64 Å². The molecule has 0 aliphatic carbocycles. The number of carbonyl (C=O) groups excluding carboxylic acids is 2. The molecule has 0 aromatic carbocycles. The Kier molecular flexibility index (Phi) is 2.41. The molecule has 0 spiro atoms. The average molecular weight is 198 g/mol. The Morgan fingerprint density at radius 3 is 2.93 bits per heavy atom. The van der Waals surface area contributed by atoms with Gasteiger partial charge in [0, 0.05) is 0 Å². The molecule has 2 rings (SSSR count). The highest BCUT2D eigenvalue weighted by Crippen LogP contribution is 2.17. The minimum absolute atomic E-state index is 0.0188. The third kappa shape index (κ3) is 1.48. The van der Waals surface area contributed by atoms with Gasteiger partial charge in [-0.15, -0.1) is 0 Å². The van der Waals surface area contributed by atoms with Crippen molar-refractivity contribution >= 4 is 11.9 Å².